The molecule has 0 radical (unpaired) electrons. The molecule has 0 aromatic rings. The van der Waals surface area contributed by atoms with Crippen molar-refractivity contribution in [2.75, 3.05) is 33.7 Å². The lowest BCUT2D eigenvalue weighted by atomic mass is 9.85. The minimum absolute atomic E-state index is 0.213. The summed E-state index contributed by atoms with van der Waals surface area (Å²) in [5.41, 5.74) is 5.81. The number of piperidine rings is 1. The van der Waals surface area contributed by atoms with Crippen LogP contribution in [0.5, 0.6) is 0 Å². The first-order valence-corrected chi connectivity index (χ1v) is 7.82. The van der Waals surface area contributed by atoms with E-state index in [1.165, 1.54) is 19.3 Å². The summed E-state index contributed by atoms with van der Waals surface area (Å²) < 4.78 is 0. The summed E-state index contributed by atoms with van der Waals surface area (Å²) in [5.74, 6) is 0.840. The largest absolute Gasteiger partial charge is 0.370 e. The van der Waals surface area contributed by atoms with E-state index in [0.29, 0.717) is 12.5 Å². The molecular formula is C15H28N4O. The molecule has 0 aromatic heterocycles. The highest BCUT2D eigenvalue weighted by atomic mass is 16.2. The third-order valence-corrected chi connectivity index (χ3v) is 4.64. The van der Waals surface area contributed by atoms with Crippen LogP contribution in [-0.4, -0.2) is 55.4 Å². The van der Waals surface area contributed by atoms with E-state index in [1.54, 1.807) is 4.90 Å². The molecule has 2 fully saturated rings. The second kappa shape index (κ2) is 6.46. The van der Waals surface area contributed by atoms with E-state index in [-0.39, 0.29) is 11.3 Å². The summed E-state index contributed by atoms with van der Waals surface area (Å²) in [7, 11) is 3.67. The van der Waals surface area contributed by atoms with Gasteiger partial charge in [0, 0.05) is 27.2 Å². The van der Waals surface area contributed by atoms with Gasteiger partial charge in [-0.2, -0.15) is 0 Å². The second-order valence-electron chi connectivity index (χ2n) is 6.41. The van der Waals surface area contributed by atoms with Crippen LogP contribution >= 0.6 is 0 Å². The molecule has 0 atom stereocenters. The maximum Gasteiger partial charge on any atom is 0.230 e. The molecule has 1 saturated heterocycles. The molecule has 1 saturated carbocycles. The molecule has 2 rings (SSSR count). The van der Waals surface area contributed by atoms with Crippen LogP contribution in [0.15, 0.2) is 4.99 Å². The van der Waals surface area contributed by atoms with Crippen LogP contribution in [0.25, 0.3) is 0 Å². The Hall–Kier alpha value is -1.26. The van der Waals surface area contributed by atoms with Gasteiger partial charge in [-0.3, -0.25) is 9.79 Å². The fourth-order valence-corrected chi connectivity index (χ4v) is 3.42. The van der Waals surface area contributed by atoms with Crippen molar-refractivity contribution in [1.29, 1.82) is 0 Å². The molecule has 0 spiro atoms. The van der Waals surface area contributed by atoms with E-state index >= 15 is 0 Å². The van der Waals surface area contributed by atoms with Gasteiger partial charge < -0.3 is 15.5 Å². The fraction of sp³-hybridized carbons (Fsp3) is 0.867. The van der Waals surface area contributed by atoms with Crippen LogP contribution in [-0.2, 0) is 4.79 Å². The number of carbonyl (C=O) groups excluding carboxylic acids is 1. The van der Waals surface area contributed by atoms with Crippen molar-refractivity contribution in [3.05, 3.63) is 0 Å². The van der Waals surface area contributed by atoms with E-state index in [1.807, 2.05) is 14.1 Å². The molecule has 5 heteroatoms. The number of guanidine groups is 1. The van der Waals surface area contributed by atoms with Crippen molar-refractivity contribution in [2.24, 2.45) is 16.1 Å². The number of nitrogens with zero attached hydrogens (tertiary/aromatic N) is 3. The van der Waals surface area contributed by atoms with Crippen LogP contribution in [0.4, 0.5) is 0 Å². The zero-order valence-corrected chi connectivity index (χ0v) is 12.9. The molecule has 1 aliphatic heterocycles. The number of aliphatic imine (C=N–C) groups is 1. The lowest BCUT2D eigenvalue weighted by molar-refractivity contribution is -0.138. The molecule has 0 unspecified atom stereocenters. The number of likely N-dealkylation sites (tertiary alicyclic amines) is 1. The van der Waals surface area contributed by atoms with E-state index in [0.717, 1.165) is 38.8 Å². The normalized spacial score (nSPS) is 22.9. The molecule has 1 aliphatic carbocycles. The minimum Gasteiger partial charge on any atom is -0.370 e. The van der Waals surface area contributed by atoms with Gasteiger partial charge in [-0.1, -0.05) is 12.8 Å². The molecular weight excluding hydrogens is 252 g/mol. The number of nitrogens with two attached hydrogens (primary N) is 1. The number of carbonyl (C=O) groups is 1. The first-order valence-electron chi connectivity index (χ1n) is 7.82. The summed E-state index contributed by atoms with van der Waals surface area (Å²) in [6, 6.07) is 0. The molecule has 114 valence electrons. The summed E-state index contributed by atoms with van der Waals surface area (Å²) >= 11 is 0. The number of rotatable bonds is 3. The Bertz CT molecular complexity index is 366. The van der Waals surface area contributed by atoms with Crippen LogP contribution in [0, 0.1) is 5.41 Å². The van der Waals surface area contributed by atoms with Gasteiger partial charge in [-0.25, -0.2) is 0 Å². The molecule has 0 bridgehead atoms. The van der Waals surface area contributed by atoms with Gasteiger partial charge in [0.15, 0.2) is 5.96 Å². The smallest absolute Gasteiger partial charge is 0.230 e. The molecule has 5 nitrogen and oxygen atoms in total. The maximum atomic E-state index is 12.5. The highest BCUT2D eigenvalue weighted by molar-refractivity contribution is 5.84. The third kappa shape index (κ3) is 3.25. The average Bonchev–Trinajstić information content (AvgIpc) is 2.94. The Kier molecular flexibility index (Phi) is 4.89. The number of amides is 1. The molecule has 20 heavy (non-hydrogen) atoms. The maximum absolute atomic E-state index is 12.5. The fourth-order valence-electron chi connectivity index (χ4n) is 3.42. The first-order chi connectivity index (χ1) is 9.55. The Labute approximate surface area is 122 Å². The van der Waals surface area contributed by atoms with E-state index in [4.69, 9.17) is 5.73 Å². The summed E-state index contributed by atoms with van der Waals surface area (Å²) in [4.78, 5) is 20.9. The van der Waals surface area contributed by atoms with Crippen molar-refractivity contribution in [3.63, 3.8) is 0 Å². The third-order valence-electron chi connectivity index (χ3n) is 4.64. The summed E-state index contributed by atoms with van der Waals surface area (Å²) in [6.07, 6.45) is 7.81. The Morgan fingerprint density at radius 3 is 2.30 bits per heavy atom. The minimum atomic E-state index is -0.302. The van der Waals surface area contributed by atoms with Gasteiger partial charge in [0.2, 0.25) is 5.91 Å². The van der Waals surface area contributed by atoms with E-state index < -0.39 is 0 Å². The lowest BCUT2D eigenvalue weighted by Gasteiger charge is -2.31. The monoisotopic (exact) mass is 280 g/mol. The van der Waals surface area contributed by atoms with Gasteiger partial charge in [0.05, 0.1) is 12.0 Å². The Morgan fingerprint density at radius 2 is 1.75 bits per heavy atom. The zero-order chi connectivity index (χ0) is 14.6. The van der Waals surface area contributed by atoms with Gasteiger partial charge >= 0.3 is 0 Å². The van der Waals surface area contributed by atoms with E-state index in [2.05, 4.69) is 9.89 Å². The predicted octanol–water partition coefficient (Wildman–Crippen LogP) is 1.44. The van der Waals surface area contributed by atoms with Crippen molar-refractivity contribution in [3.8, 4) is 0 Å². The Morgan fingerprint density at radius 1 is 1.15 bits per heavy atom. The lowest BCUT2D eigenvalue weighted by Crippen LogP contribution is -2.44. The summed E-state index contributed by atoms with van der Waals surface area (Å²) in [6.45, 7) is 2.56. The highest BCUT2D eigenvalue weighted by Crippen LogP contribution is 2.39. The van der Waals surface area contributed by atoms with Crippen LogP contribution in [0.3, 0.4) is 0 Å². The number of hydrogen-bond acceptors (Lipinski definition) is 2. The predicted molar refractivity (Wildman–Crippen MR) is 81.5 cm³/mol. The number of hydrogen-bond donors (Lipinski definition) is 1. The van der Waals surface area contributed by atoms with Gasteiger partial charge in [-0.05, 0) is 32.1 Å². The topological polar surface area (TPSA) is 61.9 Å². The SMILES string of the molecule is CN(C)C(=O)C1(CN=C(N)N2CCCCC2)CCCC1. The van der Waals surface area contributed by atoms with Crippen LogP contribution in [0.2, 0.25) is 0 Å². The first kappa shape index (κ1) is 15.1. The van der Waals surface area contributed by atoms with Crippen molar-refractivity contribution >= 4 is 11.9 Å². The van der Waals surface area contributed by atoms with Crippen LogP contribution in [0.1, 0.15) is 44.9 Å². The van der Waals surface area contributed by atoms with Crippen molar-refractivity contribution in [2.45, 2.75) is 44.9 Å². The standard InChI is InChI=1S/C15H28N4O/c1-18(2)13(20)15(8-4-5-9-15)12-17-14(16)19-10-6-3-7-11-19/h3-12H2,1-2H3,(H2,16,17). The zero-order valence-electron chi connectivity index (χ0n) is 12.9. The van der Waals surface area contributed by atoms with Gasteiger partial charge in [0.1, 0.15) is 0 Å². The molecule has 1 heterocycles. The van der Waals surface area contributed by atoms with Crippen molar-refractivity contribution in [1.82, 2.24) is 9.80 Å². The van der Waals surface area contributed by atoms with Gasteiger partial charge in [0.25, 0.3) is 0 Å². The van der Waals surface area contributed by atoms with Crippen molar-refractivity contribution < 1.29 is 4.79 Å². The van der Waals surface area contributed by atoms with E-state index in [9.17, 15) is 4.79 Å². The summed E-state index contributed by atoms with van der Waals surface area (Å²) in [5, 5.41) is 0. The van der Waals surface area contributed by atoms with Crippen LogP contribution < -0.4 is 5.73 Å². The second-order valence-corrected chi connectivity index (χ2v) is 6.41. The van der Waals surface area contributed by atoms with Gasteiger partial charge in [-0.15, -0.1) is 0 Å². The molecule has 0 aromatic carbocycles. The highest BCUT2D eigenvalue weighted by Gasteiger charge is 2.42. The molecule has 2 aliphatic rings. The average molecular weight is 280 g/mol. The molecule has 1 amide bonds. The Balaban J connectivity index is 2.03. The quantitative estimate of drug-likeness (QED) is 0.628. The molecule has 2 N–H and O–H groups in total.